The molecule has 0 bridgehead atoms. The number of amides is 1. The van der Waals surface area contributed by atoms with Gasteiger partial charge in [0.2, 0.25) is 0 Å². The molecular weight excluding hydrogens is 308 g/mol. The summed E-state index contributed by atoms with van der Waals surface area (Å²) in [6.45, 7) is 2.16. The number of methoxy groups -OCH3 is 1. The Bertz CT molecular complexity index is 635. The molecule has 112 valence electrons. The fourth-order valence-corrected chi connectivity index (χ4v) is 3.59. The van der Waals surface area contributed by atoms with Crippen LogP contribution in [-0.2, 0) is 9.53 Å². The fourth-order valence-electron chi connectivity index (χ4n) is 1.74. The molecule has 2 rings (SSSR count). The van der Waals surface area contributed by atoms with Crippen molar-refractivity contribution in [3.8, 4) is 9.88 Å². The van der Waals surface area contributed by atoms with E-state index in [2.05, 4.69) is 9.72 Å². The number of thiazole rings is 1. The van der Waals surface area contributed by atoms with Gasteiger partial charge in [-0.25, -0.2) is 4.98 Å². The Kier molecular flexibility index (Phi) is 5.08. The highest BCUT2D eigenvalue weighted by Gasteiger charge is 2.20. The molecular formula is C14H16N2O3S2. The van der Waals surface area contributed by atoms with Gasteiger partial charge in [0.15, 0.2) is 0 Å². The minimum atomic E-state index is -0.324. The molecule has 2 aromatic heterocycles. The lowest BCUT2D eigenvalue weighted by molar-refractivity contribution is -0.140. The van der Waals surface area contributed by atoms with Crippen molar-refractivity contribution in [2.24, 2.45) is 0 Å². The smallest absolute Gasteiger partial charge is 0.307 e. The number of carbonyl (C=O) groups is 2. The van der Waals surface area contributed by atoms with Crippen LogP contribution in [-0.4, -0.2) is 42.5 Å². The molecule has 7 heteroatoms. The lowest BCUT2D eigenvalue weighted by atomic mass is 10.3. The first-order valence-electron chi connectivity index (χ1n) is 6.36. The van der Waals surface area contributed by atoms with E-state index in [1.807, 2.05) is 24.4 Å². The van der Waals surface area contributed by atoms with E-state index in [1.165, 1.54) is 23.3 Å². The van der Waals surface area contributed by atoms with Crippen LogP contribution in [0.15, 0.2) is 17.5 Å². The number of hydrogen-bond acceptors (Lipinski definition) is 6. The average molecular weight is 324 g/mol. The van der Waals surface area contributed by atoms with Crippen molar-refractivity contribution < 1.29 is 14.3 Å². The van der Waals surface area contributed by atoms with Gasteiger partial charge in [-0.2, -0.15) is 0 Å². The van der Waals surface area contributed by atoms with Crippen molar-refractivity contribution in [2.45, 2.75) is 13.3 Å². The van der Waals surface area contributed by atoms with Crippen LogP contribution in [0.4, 0.5) is 0 Å². The van der Waals surface area contributed by atoms with E-state index >= 15 is 0 Å². The molecule has 0 radical (unpaired) electrons. The molecule has 2 aromatic rings. The van der Waals surface area contributed by atoms with Crippen LogP contribution in [0.25, 0.3) is 9.88 Å². The lowest BCUT2D eigenvalue weighted by Gasteiger charge is -2.15. The lowest BCUT2D eigenvalue weighted by Crippen LogP contribution is -2.29. The molecule has 0 aliphatic carbocycles. The zero-order chi connectivity index (χ0) is 15.4. The van der Waals surface area contributed by atoms with Gasteiger partial charge in [-0.15, -0.1) is 22.7 Å². The van der Waals surface area contributed by atoms with Gasteiger partial charge in [0.1, 0.15) is 9.88 Å². The number of aromatic nitrogens is 1. The van der Waals surface area contributed by atoms with Crippen molar-refractivity contribution in [2.75, 3.05) is 20.7 Å². The molecule has 0 aromatic carbocycles. The normalized spacial score (nSPS) is 10.4. The standard InChI is InChI=1S/C14H16N2O3S2/c1-9-12(14(18)16(2)7-6-11(17)19-3)21-13(15-9)10-5-4-8-20-10/h4-5,8H,6-7H2,1-3H3. The number of ether oxygens (including phenoxy) is 1. The minimum absolute atomic E-state index is 0.114. The predicted molar refractivity (Wildman–Crippen MR) is 83.8 cm³/mol. The van der Waals surface area contributed by atoms with E-state index in [0.29, 0.717) is 11.4 Å². The molecule has 1 amide bonds. The molecule has 5 nitrogen and oxygen atoms in total. The first-order chi connectivity index (χ1) is 10.0. The van der Waals surface area contributed by atoms with Gasteiger partial charge in [-0.05, 0) is 18.4 Å². The monoisotopic (exact) mass is 324 g/mol. The Morgan fingerprint density at radius 2 is 2.19 bits per heavy atom. The fraction of sp³-hybridized carbons (Fsp3) is 0.357. The summed E-state index contributed by atoms with van der Waals surface area (Å²) in [5.41, 5.74) is 0.721. The second kappa shape index (κ2) is 6.82. The van der Waals surface area contributed by atoms with Crippen molar-refractivity contribution >= 4 is 34.6 Å². The van der Waals surface area contributed by atoms with Gasteiger partial charge < -0.3 is 9.64 Å². The third-order valence-electron chi connectivity index (χ3n) is 2.95. The molecule has 0 atom stereocenters. The van der Waals surface area contributed by atoms with Crippen LogP contribution in [0, 0.1) is 6.92 Å². The van der Waals surface area contributed by atoms with Gasteiger partial charge in [0.05, 0.1) is 24.1 Å². The average Bonchev–Trinajstić information content (AvgIpc) is 3.12. The van der Waals surface area contributed by atoms with Crippen LogP contribution >= 0.6 is 22.7 Å². The Balaban J connectivity index is 2.10. The second-order valence-electron chi connectivity index (χ2n) is 4.46. The number of hydrogen-bond donors (Lipinski definition) is 0. The SMILES string of the molecule is COC(=O)CCN(C)C(=O)c1sc(-c2cccs2)nc1C. The maximum atomic E-state index is 12.4. The Hall–Kier alpha value is -1.73. The molecule has 0 fully saturated rings. The van der Waals surface area contributed by atoms with E-state index in [9.17, 15) is 9.59 Å². The summed E-state index contributed by atoms with van der Waals surface area (Å²) in [5, 5.41) is 2.84. The van der Waals surface area contributed by atoms with Crippen LogP contribution in [0.2, 0.25) is 0 Å². The van der Waals surface area contributed by atoms with E-state index in [0.717, 1.165) is 15.6 Å². The van der Waals surface area contributed by atoms with Crippen molar-refractivity contribution in [3.63, 3.8) is 0 Å². The molecule has 0 aliphatic rings. The summed E-state index contributed by atoms with van der Waals surface area (Å²) in [6.07, 6.45) is 0.189. The Labute approximate surface area is 131 Å². The third kappa shape index (κ3) is 3.68. The highest BCUT2D eigenvalue weighted by atomic mass is 32.1. The van der Waals surface area contributed by atoms with Crippen LogP contribution in [0.3, 0.4) is 0 Å². The van der Waals surface area contributed by atoms with Crippen molar-refractivity contribution in [3.05, 3.63) is 28.1 Å². The van der Waals surface area contributed by atoms with E-state index in [4.69, 9.17) is 0 Å². The largest absolute Gasteiger partial charge is 0.469 e. The van der Waals surface area contributed by atoms with Gasteiger partial charge in [0, 0.05) is 13.6 Å². The maximum Gasteiger partial charge on any atom is 0.307 e. The summed E-state index contributed by atoms with van der Waals surface area (Å²) >= 11 is 2.98. The highest BCUT2D eigenvalue weighted by Crippen LogP contribution is 2.31. The first kappa shape index (κ1) is 15.7. The molecule has 0 N–H and O–H groups in total. The Morgan fingerprint density at radius 1 is 1.43 bits per heavy atom. The molecule has 0 saturated carbocycles. The number of rotatable bonds is 5. The van der Waals surface area contributed by atoms with Crippen molar-refractivity contribution in [1.29, 1.82) is 0 Å². The van der Waals surface area contributed by atoms with Crippen LogP contribution in [0.5, 0.6) is 0 Å². The molecule has 0 spiro atoms. The van der Waals surface area contributed by atoms with Gasteiger partial charge in [-0.1, -0.05) is 6.07 Å². The topological polar surface area (TPSA) is 59.5 Å². The molecule has 21 heavy (non-hydrogen) atoms. The molecule has 0 saturated heterocycles. The van der Waals surface area contributed by atoms with Crippen LogP contribution in [0.1, 0.15) is 21.8 Å². The number of carbonyl (C=O) groups excluding carboxylic acids is 2. The first-order valence-corrected chi connectivity index (χ1v) is 8.06. The third-order valence-corrected chi connectivity index (χ3v) is 5.13. The Morgan fingerprint density at radius 3 is 2.81 bits per heavy atom. The summed E-state index contributed by atoms with van der Waals surface area (Å²) in [6, 6.07) is 3.94. The van der Waals surface area contributed by atoms with Gasteiger partial charge in [0.25, 0.3) is 5.91 Å². The number of thiophene rings is 1. The quantitative estimate of drug-likeness (QED) is 0.794. The summed E-state index contributed by atoms with van der Waals surface area (Å²) < 4.78 is 4.58. The van der Waals surface area contributed by atoms with Crippen LogP contribution < -0.4 is 0 Å². The second-order valence-corrected chi connectivity index (χ2v) is 6.41. The minimum Gasteiger partial charge on any atom is -0.469 e. The predicted octanol–water partition coefficient (Wildman–Crippen LogP) is 2.82. The van der Waals surface area contributed by atoms with Gasteiger partial charge in [-0.3, -0.25) is 9.59 Å². The number of aryl methyl sites for hydroxylation is 1. The highest BCUT2D eigenvalue weighted by molar-refractivity contribution is 7.22. The zero-order valence-electron chi connectivity index (χ0n) is 12.1. The summed E-state index contributed by atoms with van der Waals surface area (Å²) in [7, 11) is 3.01. The molecule has 0 aliphatic heterocycles. The molecule has 2 heterocycles. The van der Waals surface area contributed by atoms with E-state index in [1.54, 1.807) is 18.4 Å². The number of nitrogens with zero attached hydrogens (tertiary/aromatic N) is 2. The molecule has 0 unspecified atom stereocenters. The summed E-state index contributed by atoms with van der Waals surface area (Å²) in [5.74, 6) is -0.438. The van der Waals surface area contributed by atoms with Crippen molar-refractivity contribution in [1.82, 2.24) is 9.88 Å². The number of esters is 1. The van der Waals surface area contributed by atoms with E-state index < -0.39 is 0 Å². The van der Waals surface area contributed by atoms with Gasteiger partial charge >= 0.3 is 5.97 Å². The maximum absolute atomic E-state index is 12.4. The summed E-state index contributed by atoms with van der Waals surface area (Å²) in [4.78, 5) is 31.2. The van der Waals surface area contributed by atoms with E-state index in [-0.39, 0.29) is 18.3 Å². The zero-order valence-corrected chi connectivity index (χ0v) is 13.7.